The molecule has 25 heavy (non-hydrogen) atoms. The molecular formula is C19H34O6. The highest BCUT2D eigenvalue weighted by Gasteiger charge is 2.43. The summed E-state index contributed by atoms with van der Waals surface area (Å²) in [7, 11) is 0. The molecule has 2 unspecified atom stereocenters. The van der Waals surface area contributed by atoms with E-state index in [4.69, 9.17) is 9.84 Å². The number of rotatable bonds is 12. The summed E-state index contributed by atoms with van der Waals surface area (Å²) in [6.45, 7) is 1.72. The summed E-state index contributed by atoms with van der Waals surface area (Å²) in [5, 5.41) is 38.5. The van der Waals surface area contributed by atoms with E-state index in [0.29, 0.717) is 0 Å². The van der Waals surface area contributed by atoms with Crippen LogP contribution in [0, 0.1) is 0 Å². The minimum Gasteiger partial charge on any atom is -0.394 e. The molecule has 1 heterocycles. The highest BCUT2D eigenvalue weighted by molar-refractivity contribution is 5.90. The second-order valence-electron chi connectivity index (χ2n) is 6.85. The molecule has 0 saturated carbocycles. The number of ether oxygens (including phenoxy) is 1. The van der Waals surface area contributed by atoms with E-state index in [1.165, 1.54) is 38.2 Å². The van der Waals surface area contributed by atoms with Gasteiger partial charge in [-0.05, 0) is 18.9 Å². The number of hydrogen-bond donors (Lipinski definition) is 4. The largest absolute Gasteiger partial charge is 0.394 e. The number of carbonyl (C=O) groups excluding carboxylic acids is 1. The van der Waals surface area contributed by atoms with Crippen LogP contribution in [0.25, 0.3) is 0 Å². The summed E-state index contributed by atoms with van der Waals surface area (Å²) in [6, 6.07) is 0. The fourth-order valence-electron chi connectivity index (χ4n) is 3.05. The van der Waals surface area contributed by atoms with Crippen LogP contribution in [-0.4, -0.2) is 63.3 Å². The van der Waals surface area contributed by atoms with E-state index in [-0.39, 0.29) is 12.2 Å². The van der Waals surface area contributed by atoms with Gasteiger partial charge in [0.05, 0.1) is 12.7 Å². The second kappa shape index (κ2) is 12.5. The van der Waals surface area contributed by atoms with Crippen LogP contribution in [0.4, 0.5) is 0 Å². The monoisotopic (exact) mass is 358 g/mol. The van der Waals surface area contributed by atoms with Gasteiger partial charge in [0.1, 0.15) is 24.4 Å². The topological polar surface area (TPSA) is 107 Å². The Balaban J connectivity index is 2.24. The molecule has 146 valence electrons. The maximum absolute atomic E-state index is 12.0. The summed E-state index contributed by atoms with van der Waals surface area (Å²) in [5.74, 6) is -0.202. The van der Waals surface area contributed by atoms with Crippen LogP contribution in [0.1, 0.15) is 64.7 Å². The number of aliphatic hydroxyl groups excluding tert-OH is 4. The third-order valence-electron chi connectivity index (χ3n) is 4.67. The third kappa shape index (κ3) is 7.96. The van der Waals surface area contributed by atoms with E-state index < -0.39 is 37.1 Å². The molecule has 1 aliphatic rings. The van der Waals surface area contributed by atoms with Gasteiger partial charge >= 0.3 is 0 Å². The summed E-state index contributed by atoms with van der Waals surface area (Å²) in [5.41, 5.74) is 0. The molecule has 0 bridgehead atoms. The van der Waals surface area contributed by atoms with Crippen LogP contribution in [0.3, 0.4) is 0 Å². The Kier molecular flexibility index (Phi) is 11.2. The predicted octanol–water partition coefficient (Wildman–Crippen LogP) is 1.48. The van der Waals surface area contributed by atoms with Gasteiger partial charge in [0, 0.05) is 6.42 Å². The van der Waals surface area contributed by atoms with E-state index >= 15 is 0 Å². The average molecular weight is 358 g/mol. The van der Waals surface area contributed by atoms with Crippen LogP contribution < -0.4 is 0 Å². The van der Waals surface area contributed by atoms with Crippen LogP contribution in [0.2, 0.25) is 0 Å². The predicted molar refractivity (Wildman–Crippen MR) is 95.1 cm³/mol. The molecule has 0 amide bonds. The van der Waals surface area contributed by atoms with Gasteiger partial charge in [0.15, 0.2) is 5.78 Å². The molecule has 6 heteroatoms. The molecule has 1 fully saturated rings. The van der Waals surface area contributed by atoms with E-state index in [9.17, 15) is 20.1 Å². The van der Waals surface area contributed by atoms with Crippen molar-refractivity contribution in [3.63, 3.8) is 0 Å². The molecule has 0 aromatic carbocycles. The van der Waals surface area contributed by atoms with Crippen molar-refractivity contribution < 1.29 is 30.0 Å². The lowest BCUT2D eigenvalue weighted by Gasteiger charge is -2.39. The van der Waals surface area contributed by atoms with Crippen molar-refractivity contribution in [3.05, 3.63) is 12.2 Å². The standard InChI is InChI=1S/C19H34O6/c1-2-3-4-5-6-7-8-9-10-11-14(21)12-15-17(22)19(24)18(23)16(13-20)25-15/h10-11,15-20,22-24H,2-9,12-13H2,1H3/b11-10+/t15-,16?,17?,18+,19+/m0/s1. The molecule has 0 aromatic heterocycles. The Labute approximate surface area is 150 Å². The molecule has 0 aliphatic carbocycles. The molecule has 4 N–H and O–H groups in total. The van der Waals surface area contributed by atoms with Gasteiger partial charge in [-0.3, -0.25) is 4.79 Å². The molecule has 1 rings (SSSR count). The van der Waals surface area contributed by atoms with Gasteiger partial charge in [-0.2, -0.15) is 0 Å². The molecule has 1 aliphatic heterocycles. The van der Waals surface area contributed by atoms with Gasteiger partial charge in [-0.1, -0.05) is 51.5 Å². The van der Waals surface area contributed by atoms with Crippen LogP contribution in [-0.2, 0) is 9.53 Å². The molecule has 6 nitrogen and oxygen atoms in total. The smallest absolute Gasteiger partial charge is 0.158 e. The van der Waals surface area contributed by atoms with Crippen molar-refractivity contribution in [2.45, 2.75) is 95.2 Å². The quantitative estimate of drug-likeness (QED) is 0.311. The minimum atomic E-state index is -1.43. The number of hydrogen-bond acceptors (Lipinski definition) is 6. The van der Waals surface area contributed by atoms with Crippen molar-refractivity contribution in [2.75, 3.05) is 6.61 Å². The summed E-state index contributed by atoms with van der Waals surface area (Å²) >= 11 is 0. The summed E-state index contributed by atoms with van der Waals surface area (Å²) < 4.78 is 5.33. The average Bonchev–Trinajstić information content (AvgIpc) is 2.60. The SMILES string of the molecule is CCCCCCCCC/C=C/C(=O)C[C@@H]1OC(CO)[C@@H](O)[C@H](O)C1O. The van der Waals surface area contributed by atoms with Crippen molar-refractivity contribution in [1.29, 1.82) is 0 Å². The van der Waals surface area contributed by atoms with E-state index in [1.807, 2.05) is 6.08 Å². The molecule has 0 radical (unpaired) electrons. The fourth-order valence-corrected chi connectivity index (χ4v) is 3.05. The molecule has 5 atom stereocenters. The Morgan fingerprint density at radius 2 is 1.52 bits per heavy atom. The number of allylic oxidation sites excluding steroid dienone is 2. The van der Waals surface area contributed by atoms with E-state index in [1.54, 1.807) is 0 Å². The zero-order valence-corrected chi connectivity index (χ0v) is 15.2. The molecular weight excluding hydrogens is 324 g/mol. The lowest BCUT2D eigenvalue weighted by molar-refractivity contribution is -0.229. The first-order valence-electron chi connectivity index (χ1n) is 9.51. The first-order chi connectivity index (χ1) is 12.0. The number of ketones is 1. The first-order valence-corrected chi connectivity index (χ1v) is 9.51. The highest BCUT2D eigenvalue weighted by Crippen LogP contribution is 2.23. The minimum absolute atomic E-state index is 0.0883. The maximum atomic E-state index is 12.0. The van der Waals surface area contributed by atoms with Gasteiger partial charge in [-0.25, -0.2) is 0 Å². The lowest BCUT2D eigenvalue weighted by atomic mass is 9.92. The zero-order valence-electron chi connectivity index (χ0n) is 15.2. The van der Waals surface area contributed by atoms with Crippen molar-refractivity contribution in [3.8, 4) is 0 Å². The fraction of sp³-hybridized carbons (Fsp3) is 0.842. The lowest BCUT2D eigenvalue weighted by Crippen LogP contribution is -2.58. The number of carbonyl (C=O) groups is 1. The highest BCUT2D eigenvalue weighted by atomic mass is 16.5. The Hall–Kier alpha value is -0.790. The maximum Gasteiger partial charge on any atom is 0.158 e. The second-order valence-corrected chi connectivity index (χ2v) is 6.85. The van der Waals surface area contributed by atoms with E-state index in [2.05, 4.69) is 6.92 Å². The summed E-state index contributed by atoms with van der Waals surface area (Å²) in [4.78, 5) is 12.0. The van der Waals surface area contributed by atoms with Gasteiger partial charge in [-0.15, -0.1) is 0 Å². The molecule has 0 spiro atoms. The summed E-state index contributed by atoms with van der Waals surface area (Å²) in [6.07, 6.45) is 6.57. The van der Waals surface area contributed by atoms with Crippen molar-refractivity contribution >= 4 is 5.78 Å². The number of aliphatic hydroxyl groups is 4. The molecule has 1 saturated heterocycles. The Bertz CT molecular complexity index is 395. The van der Waals surface area contributed by atoms with Gasteiger partial charge in [0.25, 0.3) is 0 Å². The van der Waals surface area contributed by atoms with Crippen LogP contribution in [0.5, 0.6) is 0 Å². The van der Waals surface area contributed by atoms with Gasteiger partial charge in [0.2, 0.25) is 0 Å². The van der Waals surface area contributed by atoms with E-state index in [0.717, 1.165) is 19.3 Å². The molecule has 0 aromatic rings. The Morgan fingerprint density at radius 1 is 0.920 bits per heavy atom. The van der Waals surface area contributed by atoms with Gasteiger partial charge < -0.3 is 25.2 Å². The third-order valence-corrected chi connectivity index (χ3v) is 4.67. The Morgan fingerprint density at radius 3 is 2.16 bits per heavy atom. The van der Waals surface area contributed by atoms with Crippen molar-refractivity contribution in [2.24, 2.45) is 0 Å². The first kappa shape index (κ1) is 22.3. The zero-order chi connectivity index (χ0) is 18.7. The van der Waals surface area contributed by atoms with Crippen LogP contribution >= 0.6 is 0 Å². The van der Waals surface area contributed by atoms with Crippen molar-refractivity contribution in [1.82, 2.24) is 0 Å². The normalized spacial score (nSPS) is 30.0. The van der Waals surface area contributed by atoms with Crippen LogP contribution in [0.15, 0.2) is 12.2 Å². The number of unbranched alkanes of at least 4 members (excludes halogenated alkanes) is 7.